The molecule has 0 aliphatic rings. The first-order valence-electron chi connectivity index (χ1n) is 10.2. The fourth-order valence-electron chi connectivity index (χ4n) is 2.95. The van der Waals surface area contributed by atoms with E-state index in [-0.39, 0.29) is 16.8 Å². The summed E-state index contributed by atoms with van der Waals surface area (Å²) in [5, 5.41) is 1.68. The van der Waals surface area contributed by atoms with Crippen LogP contribution in [0.25, 0.3) is 0 Å². The third kappa shape index (κ3) is 6.07. The zero-order valence-corrected chi connectivity index (χ0v) is 19.4. The molecule has 0 atom stereocenters. The minimum Gasteiger partial charge on any atom is -0.489 e. The third-order valence-electron chi connectivity index (χ3n) is 4.94. The molecule has 2 N–H and O–H groups in total. The number of nitrogens with zero attached hydrogens (tertiary/aromatic N) is 1. The number of benzene rings is 2. The van der Waals surface area contributed by atoms with Gasteiger partial charge in [0.2, 0.25) is 0 Å². The lowest BCUT2D eigenvalue weighted by Gasteiger charge is -2.19. The van der Waals surface area contributed by atoms with Crippen LogP contribution < -0.4 is 20.5 Å². The minimum atomic E-state index is -0.482. The summed E-state index contributed by atoms with van der Waals surface area (Å²) in [5.74, 6) is -0.148. The fraction of sp³-hybridized carbons (Fsp3) is 0.292. The molecule has 1 aromatic heterocycles. The van der Waals surface area contributed by atoms with Gasteiger partial charge < -0.3 is 4.74 Å². The van der Waals surface area contributed by atoms with E-state index >= 15 is 0 Å². The maximum absolute atomic E-state index is 12.3. The average molecular weight is 454 g/mol. The highest BCUT2D eigenvalue weighted by atomic mass is 32.1. The molecule has 0 aliphatic heterocycles. The second-order valence-electron chi connectivity index (χ2n) is 8.49. The van der Waals surface area contributed by atoms with Crippen LogP contribution in [0.1, 0.15) is 48.0 Å². The number of ether oxygens (including phenoxy) is 1. The van der Waals surface area contributed by atoms with E-state index in [1.54, 1.807) is 36.6 Å². The monoisotopic (exact) mass is 453 g/mol. The Hall–Kier alpha value is -3.39. The van der Waals surface area contributed by atoms with Gasteiger partial charge in [0.05, 0.1) is 0 Å². The first-order valence-corrected chi connectivity index (χ1v) is 11.1. The van der Waals surface area contributed by atoms with Crippen LogP contribution in [0.4, 0.5) is 0 Å². The Balaban J connectivity index is 1.48. The van der Waals surface area contributed by atoms with Crippen LogP contribution in [0.2, 0.25) is 0 Å². The standard InChI is InChI=1S/C24H27N3O4S/c1-16-15-32-23(30)27(16)13-21(28)25-26-22(29)18-7-5-17(6-8-18)14-31-20-11-9-19(10-12-20)24(2,3)4/h5-12,15H,13-14H2,1-4H3,(H,25,28)(H,26,29). The van der Waals surface area contributed by atoms with E-state index in [0.717, 1.165) is 22.6 Å². The van der Waals surface area contributed by atoms with Crippen LogP contribution in [0.5, 0.6) is 5.75 Å². The van der Waals surface area contributed by atoms with Gasteiger partial charge in [-0.05, 0) is 47.7 Å². The molecule has 7 nitrogen and oxygen atoms in total. The van der Waals surface area contributed by atoms with Crippen molar-refractivity contribution in [1.82, 2.24) is 15.4 Å². The minimum absolute atomic E-state index is 0.0923. The molecule has 1 heterocycles. The number of aryl methyl sites for hydroxylation is 1. The lowest BCUT2D eigenvalue weighted by molar-refractivity contribution is -0.122. The van der Waals surface area contributed by atoms with E-state index in [4.69, 9.17) is 4.74 Å². The number of amides is 2. The predicted octanol–water partition coefficient (Wildman–Crippen LogP) is 3.56. The molecule has 8 heteroatoms. The Bertz CT molecular complexity index is 1140. The van der Waals surface area contributed by atoms with Crippen molar-refractivity contribution in [3.05, 3.63) is 86.0 Å². The summed E-state index contributed by atoms with van der Waals surface area (Å²) in [6.07, 6.45) is 0. The molecule has 0 spiro atoms. The van der Waals surface area contributed by atoms with E-state index in [1.807, 2.05) is 12.1 Å². The van der Waals surface area contributed by atoms with Crippen LogP contribution in [0.3, 0.4) is 0 Å². The molecule has 0 unspecified atom stereocenters. The summed E-state index contributed by atoms with van der Waals surface area (Å²) in [6, 6.07) is 15.0. The number of thiazole rings is 1. The Kier molecular flexibility index (Phi) is 7.15. The fourth-order valence-corrected chi connectivity index (χ4v) is 3.68. The Morgan fingerprint density at radius 1 is 1.00 bits per heavy atom. The molecule has 2 amide bonds. The van der Waals surface area contributed by atoms with Crippen molar-refractivity contribution in [3.63, 3.8) is 0 Å². The first kappa shape index (κ1) is 23.3. The van der Waals surface area contributed by atoms with E-state index in [2.05, 4.69) is 43.8 Å². The predicted molar refractivity (Wildman–Crippen MR) is 125 cm³/mol. The van der Waals surface area contributed by atoms with Gasteiger partial charge >= 0.3 is 4.87 Å². The summed E-state index contributed by atoms with van der Waals surface area (Å²) in [5.41, 5.74) is 8.04. The molecule has 0 bridgehead atoms. The average Bonchev–Trinajstić information content (AvgIpc) is 3.08. The Morgan fingerprint density at radius 3 is 2.22 bits per heavy atom. The summed E-state index contributed by atoms with van der Waals surface area (Å²) >= 11 is 1.03. The van der Waals surface area contributed by atoms with Crippen molar-refractivity contribution >= 4 is 23.2 Å². The number of nitrogens with one attached hydrogen (secondary N) is 2. The topological polar surface area (TPSA) is 89.4 Å². The molecule has 0 radical (unpaired) electrons. The number of aromatic nitrogens is 1. The van der Waals surface area contributed by atoms with Crippen molar-refractivity contribution in [2.45, 2.75) is 46.3 Å². The van der Waals surface area contributed by atoms with Crippen LogP contribution in [0.15, 0.2) is 58.7 Å². The van der Waals surface area contributed by atoms with Crippen LogP contribution >= 0.6 is 11.3 Å². The SMILES string of the molecule is Cc1csc(=O)n1CC(=O)NNC(=O)c1ccc(COc2ccc(C(C)(C)C)cc2)cc1. The molecule has 0 aliphatic carbocycles. The Labute approximate surface area is 191 Å². The van der Waals surface area contributed by atoms with Crippen molar-refractivity contribution < 1.29 is 14.3 Å². The van der Waals surface area contributed by atoms with Crippen molar-refractivity contribution in [1.29, 1.82) is 0 Å². The molecule has 3 rings (SSSR count). The summed E-state index contributed by atoms with van der Waals surface area (Å²) in [7, 11) is 0. The summed E-state index contributed by atoms with van der Waals surface area (Å²) in [6.45, 7) is 8.47. The van der Waals surface area contributed by atoms with Crippen molar-refractivity contribution in [3.8, 4) is 5.75 Å². The molecule has 0 saturated carbocycles. The highest BCUT2D eigenvalue weighted by Crippen LogP contribution is 2.24. The molecule has 32 heavy (non-hydrogen) atoms. The molecule has 2 aromatic carbocycles. The molecular formula is C24H27N3O4S. The van der Waals surface area contributed by atoms with Gasteiger partial charge in [-0.25, -0.2) is 0 Å². The number of hydrogen-bond donors (Lipinski definition) is 2. The van der Waals surface area contributed by atoms with E-state index in [1.165, 1.54) is 10.1 Å². The number of carbonyl (C=O) groups excluding carboxylic acids is 2. The van der Waals surface area contributed by atoms with E-state index in [0.29, 0.717) is 17.9 Å². The van der Waals surface area contributed by atoms with Crippen molar-refractivity contribution in [2.75, 3.05) is 0 Å². The molecule has 3 aromatic rings. The zero-order valence-electron chi connectivity index (χ0n) is 18.6. The molecule has 0 saturated heterocycles. The van der Waals surface area contributed by atoms with Gasteiger partial charge in [0.15, 0.2) is 0 Å². The lowest BCUT2D eigenvalue weighted by atomic mass is 9.87. The summed E-state index contributed by atoms with van der Waals surface area (Å²) < 4.78 is 7.17. The highest BCUT2D eigenvalue weighted by molar-refractivity contribution is 7.07. The number of hydrazine groups is 1. The molecular weight excluding hydrogens is 426 g/mol. The van der Waals surface area contributed by atoms with Crippen LogP contribution in [-0.2, 0) is 23.4 Å². The number of carbonyl (C=O) groups is 2. The smallest absolute Gasteiger partial charge is 0.307 e. The second kappa shape index (κ2) is 9.82. The lowest BCUT2D eigenvalue weighted by Crippen LogP contribution is -2.44. The highest BCUT2D eigenvalue weighted by Gasteiger charge is 2.13. The van der Waals surface area contributed by atoms with Gasteiger partial charge in [-0.3, -0.25) is 29.8 Å². The van der Waals surface area contributed by atoms with Gasteiger partial charge in [-0.2, -0.15) is 0 Å². The van der Waals surface area contributed by atoms with Crippen LogP contribution in [-0.4, -0.2) is 16.4 Å². The van der Waals surface area contributed by atoms with Crippen molar-refractivity contribution in [2.24, 2.45) is 0 Å². The van der Waals surface area contributed by atoms with Gasteiger partial charge in [0.1, 0.15) is 18.9 Å². The van der Waals surface area contributed by atoms with E-state index < -0.39 is 11.8 Å². The Morgan fingerprint density at radius 2 is 1.66 bits per heavy atom. The number of rotatable bonds is 6. The van der Waals surface area contributed by atoms with E-state index in [9.17, 15) is 14.4 Å². The quantitative estimate of drug-likeness (QED) is 0.559. The first-order chi connectivity index (χ1) is 15.1. The number of hydrogen-bond acceptors (Lipinski definition) is 5. The zero-order chi connectivity index (χ0) is 23.3. The molecule has 0 fully saturated rings. The maximum Gasteiger partial charge on any atom is 0.307 e. The summed E-state index contributed by atoms with van der Waals surface area (Å²) in [4.78, 5) is 35.7. The largest absolute Gasteiger partial charge is 0.489 e. The second-order valence-corrected chi connectivity index (χ2v) is 9.31. The molecule has 168 valence electrons. The van der Waals surface area contributed by atoms with Gasteiger partial charge in [-0.1, -0.05) is 56.4 Å². The third-order valence-corrected chi connectivity index (χ3v) is 5.82. The van der Waals surface area contributed by atoms with Gasteiger partial charge in [0.25, 0.3) is 11.8 Å². The van der Waals surface area contributed by atoms with Crippen LogP contribution in [0, 0.1) is 6.92 Å². The maximum atomic E-state index is 12.3. The van der Waals surface area contributed by atoms with Gasteiger partial charge in [-0.15, -0.1) is 0 Å². The normalized spacial score (nSPS) is 11.1. The van der Waals surface area contributed by atoms with Gasteiger partial charge in [0, 0.05) is 16.6 Å².